The van der Waals surface area contributed by atoms with E-state index in [1.807, 2.05) is 49.4 Å². The van der Waals surface area contributed by atoms with Crippen LogP contribution in [0, 0.1) is 6.92 Å². The van der Waals surface area contributed by atoms with Crippen LogP contribution in [-0.2, 0) is 4.74 Å². The van der Waals surface area contributed by atoms with Crippen molar-refractivity contribution in [3.8, 4) is 22.5 Å². The molecule has 0 radical (unpaired) electrons. The van der Waals surface area contributed by atoms with Crippen LogP contribution in [0.5, 0.6) is 0 Å². The quantitative estimate of drug-likeness (QED) is 0.416. The van der Waals surface area contributed by atoms with Gasteiger partial charge in [-0.25, -0.2) is 9.97 Å². The van der Waals surface area contributed by atoms with Crippen LogP contribution in [0.4, 0.5) is 5.69 Å². The van der Waals surface area contributed by atoms with E-state index >= 15 is 0 Å². The molecule has 2 aromatic heterocycles. The first kappa shape index (κ1) is 20.2. The number of aromatic nitrogens is 3. The maximum atomic E-state index is 12.6. The maximum Gasteiger partial charge on any atom is 0.254 e. The lowest BCUT2D eigenvalue weighted by Gasteiger charge is -2.38. The van der Waals surface area contributed by atoms with Crippen molar-refractivity contribution in [2.75, 3.05) is 25.7 Å². The number of methoxy groups -OCH3 is 1. The van der Waals surface area contributed by atoms with Gasteiger partial charge in [0.25, 0.3) is 5.91 Å². The van der Waals surface area contributed by atoms with E-state index in [-0.39, 0.29) is 12.0 Å². The molecule has 0 unspecified atom stereocenters. The molecule has 2 aromatic carbocycles. The van der Waals surface area contributed by atoms with E-state index in [0.29, 0.717) is 24.3 Å². The predicted molar refractivity (Wildman–Crippen MR) is 122 cm³/mol. The molecule has 3 N–H and O–H groups in total. The van der Waals surface area contributed by atoms with E-state index in [4.69, 9.17) is 4.74 Å². The van der Waals surface area contributed by atoms with Crippen molar-refractivity contribution in [2.45, 2.75) is 13.0 Å². The van der Waals surface area contributed by atoms with Crippen molar-refractivity contribution in [1.29, 1.82) is 0 Å². The number of ether oxygens (including phenoxy) is 1. The van der Waals surface area contributed by atoms with Gasteiger partial charge < -0.3 is 14.6 Å². The highest BCUT2D eigenvalue weighted by Crippen LogP contribution is 2.33. The molecule has 0 bridgehead atoms. The van der Waals surface area contributed by atoms with Gasteiger partial charge in [0.2, 0.25) is 0 Å². The van der Waals surface area contributed by atoms with Crippen LogP contribution < -0.4 is 5.48 Å². The lowest BCUT2D eigenvalue weighted by atomic mass is 10.0. The highest BCUT2D eigenvalue weighted by atomic mass is 16.5. The van der Waals surface area contributed by atoms with E-state index in [9.17, 15) is 10.0 Å². The van der Waals surface area contributed by atoms with Gasteiger partial charge in [-0.05, 0) is 42.3 Å². The molecule has 0 spiro atoms. The Bertz CT molecular complexity index is 1290. The molecule has 162 valence electrons. The number of benzene rings is 2. The zero-order valence-electron chi connectivity index (χ0n) is 17.8. The molecular formula is C24H23N5O3. The Balaban J connectivity index is 1.46. The van der Waals surface area contributed by atoms with Gasteiger partial charge in [0.15, 0.2) is 0 Å². The summed E-state index contributed by atoms with van der Waals surface area (Å²) in [4.78, 5) is 26.6. The number of anilines is 1. The number of amides is 1. The molecule has 5 rings (SSSR count). The smallest absolute Gasteiger partial charge is 0.254 e. The standard InChI is InChI=1S/C24H23N5O3/c1-14-18(4-3-5-20(14)28-31)22-19-10-21(27-23(19)26-13-25-22)15-6-8-16(9-7-15)24(30)29-11-17(12-29)32-2/h3-10,13,17,28,31H,11-12H2,1-2H3,(H,25,26,27). The predicted octanol–water partition coefficient (Wildman–Crippen LogP) is 3.87. The largest absolute Gasteiger partial charge is 0.378 e. The molecule has 1 aliphatic rings. The molecule has 0 aliphatic carbocycles. The number of likely N-dealkylation sites (tertiary alicyclic amines) is 1. The van der Waals surface area contributed by atoms with Gasteiger partial charge in [-0.3, -0.25) is 15.5 Å². The van der Waals surface area contributed by atoms with Crippen LogP contribution in [0.15, 0.2) is 54.9 Å². The molecule has 1 fully saturated rings. The Morgan fingerprint density at radius 1 is 1.19 bits per heavy atom. The minimum absolute atomic E-state index is 0.0162. The summed E-state index contributed by atoms with van der Waals surface area (Å²) in [6, 6.07) is 15.2. The fourth-order valence-electron chi connectivity index (χ4n) is 4.05. The third-order valence-electron chi connectivity index (χ3n) is 6.05. The molecule has 8 heteroatoms. The molecule has 32 heavy (non-hydrogen) atoms. The monoisotopic (exact) mass is 429 g/mol. The zero-order valence-corrected chi connectivity index (χ0v) is 17.8. The number of nitrogens with zero attached hydrogens (tertiary/aromatic N) is 3. The molecule has 0 atom stereocenters. The van der Waals surface area contributed by atoms with E-state index in [1.165, 1.54) is 6.33 Å². The normalized spacial score (nSPS) is 13.9. The van der Waals surface area contributed by atoms with Crippen molar-refractivity contribution in [1.82, 2.24) is 19.9 Å². The molecule has 1 amide bonds. The molecule has 1 aliphatic heterocycles. The first-order valence-corrected chi connectivity index (χ1v) is 10.4. The average Bonchev–Trinajstić information content (AvgIpc) is 3.23. The first-order chi connectivity index (χ1) is 15.6. The van der Waals surface area contributed by atoms with Gasteiger partial charge in [0.05, 0.1) is 17.5 Å². The van der Waals surface area contributed by atoms with Gasteiger partial charge in [0, 0.05) is 42.4 Å². The van der Waals surface area contributed by atoms with Gasteiger partial charge in [0.1, 0.15) is 12.0 Å². The fraction of sp³-hybridized carbons (Fsp3) is 0.208. The number of nitrogens with one attached hydrogen (secondary N) is 2. The van der Waals surface area contributed by atoms with E-state index in [2.05, 4.69) is 20.4 Å². The summed E-state index contributed by atoms with van der Waals surface area (Å²) in [7, 11) is 1.67. The van der Waals surface area contributed by atoms with E-state index in [1.54, 1.807) is 18.1 Å². The molecular weight excluding hydrogens is 406 g/mol. The molecule has 0 saturated carbocycles. The Kier molecular flexibility index (Phi) is 5.08. The molecule has 8 nitrogen and oxygen atoms in total. The average molecular weight is 429 g/mol. The van der Waals surface area contributed by atoms with Gasteiger partial charge >= 0.3 is 0 Å². The SMILES string of the molecule is COC1CN(C(=O)c2ccc(-c3cc4c(-c5cccc(NO)c5C)ncnc4[nH]3)cc2)C1. The van der Waals surface area contributed by atoms with Crippen molar-refractivity contribution in [2.24, 2.45) is 0 Å². The lowest BCUT2D eigenvalue weighted by Crippen LogP contribution is -2.54. The van der Waals surface area contributed by atoms with Crippen LogP contribution >= 0.6 is 0 Å². The lowest BCUT2D eigenvalue weighted by molar-refractivity contribution is -0.0191. The van der Waals surface area contributed by atoms with Crippen LogP contribution in [0.3, 0.4) is 0 Å². The Morgan fingerprint density at radius 3 is 2.69 bits per heavy atom. The summed E-state index contributed by atoms with van der Waals surface area (Å²) in [6.45, 7) is 3.19. The van der Waals surface area contributed by atoms with Crippen molar-refractivity contribution in [3.05, 3.63) is 66.0 Å². The fourth-order valence-corrected chi connectivity index (χ4v) is 4.05. The second-order valence-corrected chi connectivity index (χ2v) is 7.90. The summed E-state index contributed by atoms with van der Waals surface area (Å²) in [5, 5.41) is 10.3. The summed E-state index contributed by atoms with van der Waals surface area (Å²) in [5.41, 5.74) is 8.66. The van der Waals surface area contributed by atoms with E-state index in [0.717, 1.165) is 39.1 Å². The third kappa shape index (κ3) is 3.39. The van der Waals surface area contributed by atoms with Gasteiger partial charge in [-0.2, -0.15) is 0 Å². The maximum absolute atomic E-state index is 12.6. The number of aromatic amines is 1. The minimum atomic E-state index is 0.0162. The van der Waals surface area contributed by atoms with Crippen molar-refractivity contribution in [3.63, 3.8) is 0 Å². The highest BCUT2D eigenvalue weighted by molar-refractivity contribution is 5.97. The number of carbonyl (C=O) groups is 1. The number of H-pyrrole nitrogens is 1. The zero-order chi connectivity index (χ0) is 22.2. The third-order valence-corrected chi connectivity index (χ3v) is 6.05. The summed E-state index contributed by atoms with van der Waals surface area (Å²) >= 11 is 0. The van der Waals surface area contributed by atoms with Crippen molar-refractivity contribution >= 4 is 22.6 Å². The second-order valence-electron chi connectivity index (χ2n) is 7.90. The summed E-state index contributed by atoms with van der Waals surface area (Å²) in [6.07, 6.45) is 1.66. The number of carbonyl (C=O) groups excluding carboxylic acids is 1. The molecule has 4 aromatic rings. The minimum Gasteiger partial charge on any atom is -0.378 e. The molecule has 1 saturated heterocycles. The highest BCUT2D eigenvalue weighted by Gasteiger charge is 2.30. The van der Waals surface area contributed by atoms with Crippen LogP contribution in [-0.4, -0.2) is 57.3 Å². The number of rotatable bonds is 5. The van der Waals surface area contributed by atoms with Gasteiger partial charge in [-0.15, -0.1) is 0 Å². The molecule has 3 heterocycles. The Labute approximate surface area is 184 Å². The number of fused-ring (bicyclic) bond motifs is 1. The Morgan fingerprint density at radius 2 is 1.97 bits per heavy atom. The summed E-state index contributed by atoms with van der Waals surface area (Å²) in [5.74, 6) is 0.0162. The first-order valence-electron chi connectivity index (χ1n) is 10.4. The van der Waals surface area contributed by atoms with Crippen LogP contribution in [0.2, 0.25) is 0 Å². The van der Waals surface area contributed by atoms with Crippen LogP contribution in [0.1, 0.15) is 15.9 Å². The second kappa shape index (κ2) is 8.07. The number of hydrogen-bond donors (Lipinski definition) is 3. The van der Waals surface area contributed by atoms with Crippen LogP contribution in [0.25, 0.3) is 33.5 Å². The number of hydrogen-bond acceptors (Lipinski definition) is 6. The topological polar surface area (TPSA) is 103 Å². The van der Waals surface area contributed by atoms with E-state index < -0.39 is 0 Å². The summed E-state index contributed by atoms with van der Waals surface area (Å²) < 4.78 is 5.25. The van der Waals surface area contributed by atoms with Gasteiger partial charge in [-0.1, -0.05) is 24.3 Å². The van der Waals surface area contributed by atoms with Crippen molar-refractivity contribution < 1.29 is 14.7 Å². The Hall–Kier alpha value is -3.75.